The van der Waals surface area contributed by atoms with E-state index >= 15 is 0 Å². The predicted octanol–water partition coefficient (Wildman–Crippen LogP) is 2.89. The van der Waals surface area contributed by atoms with Crippen molar-refractivity contribution in [3.63, 3.8) is 0 Å². The molecule has 0 aromatic heterocycles. The predicted molar refractivity (Wildman–Crippen MR) is 36.5 cm³/mol. The van der Waals surface area contributed by atoms with Crippen LogP contribution in [0.3, 0.4) is 0 Å². The van der Waals surface area contributed by atoms with Crippen LogP contribution in [-0.2, 0) is 0 Å². The third kappa shape index (κ3) is 1.82. The number of hydrogen-bond acceptors (Lipinski definition) is 1. The second-order valence-corrected chi connectivity index (χ2v) is 3.96. The average Bonchev–Trinajstić information content (AvgIpc) is 1.77. The van der Waals surface area contributed by atoms with Crippen LogP contribution in [-0.4, -0.2) is 23.1 Å². The number of alkyl halides is 6. The van der Waals surface area contributed by atoms with Gasteiger partial charge in [-0.3, -0.25) is 0 Å². The number of halogens is 6. The molecule has 7 heteroatoms. The van der Waals surface area contributed by atoms with Crippen LogP contribution in [0.4, 0.5) is 26.3 Å². The lowest BCUT2D eigenvalue weighted by Gasteiger charge is -2.42. The second-order valence-electron chi connectivity index (χ2n) is 3.96. The van der Waals surface area contributed by atoms with Gasteiger partial charge in [-0.2, -0.15) is 26.3 Å². The molecule has 0 atom stereocenters. The summed E-state index contributed by atoms with van der Waals surface area (Å²) in [5, 5.41) is 8.77. The third-order valence-corrected chi connectivity index (χ3v) is 1.91. The van der Waals surface area contributed by atoms with Gasteiger partial charge in [-0.15, -0.1) is 0 Å². The van der Waals surface area contributed by atoms with Gasteiger partial charge in [0.05, 0.1) is 0 Å². The molecule has 0 aliphatic heterocycles. The van der Waals surface area contributed by atoms with Gasteiger partial charge >= 0.3 is 12.4 Å². The minimum absolute atomic E-state index is 0.675. The van der Waals surface area contributed by atoms with Gasteiger partial charge in [0.25, 0.3) is 5.60 Å². The molecule has 0 heterocycles. The fourth-order valence-corrected chi connectivity index (χ4v) is 1.01. The molecule has 86 valence electrons. The molecular formula is C7H10F6O. The molecule has 0 amide bonds. The van der Waals surface area contributed by atoms with E-state index in [9.17, 15) is 26.3 Å². The van der Waals surface area contributed by atoms with E-state index in [0.717, 1.165) is 0 Å². The summed E-state index contributed by atoms with van der Waals surface area (Å²) in [6, 6.07) is 0. The molecule has 0 saturated carbocycles. The number of hydrogen-bond donors (Lipinski definition) is 1. The Balaban J connectivity index is 5.54. The Bertz CT molecular complexity index is 172. The molecule has 1 nitrogen and oxygen atoms in total. The number of aliphatic hydroxyl groups is 1. The molecule has 0 fully saturated rings. The minimum Gasteiger partial charge on any atom is -0.373 e. The first kappa shape index (κ1) is 13.5. The van der Waals surface area contributed by atoms with Crippen LogP contribution < -0.4 is 0 Å². The Morgan fingerprint density at radius 3 is 0.929 bits per heavy atom. The van der Waals surface area contributed by atoms with Crippen LogP contribution >= 0.6 is 0 Å². The molecule has 1 N–H and O–H groups in total. The topological polar surface area (TPSA) is 20.2 Å². The second kappa shape index (κ2) is 3.01. The van der Waals surface area contributed by atoms with Crippen molar-refractivity contribution < 1.29 is 31.4 Å². The summed E-state index contributed by atoms with van der Waals surface area (Å²) in [5.74, 6) is 0. The molecule has 0 aromatic rings. The lowest BCUT2D eigenvalue weighted by Crippen LogP contribution is -2.64. The van der Waals surface area contributed by atoms with E-state index in [0.29, 0.717) is 20.8 Å². The third-order valence-electron chi connectivity index (χ3n) is 1.91. The Kier molecular flexibility index (Phi) is 2.91. The lowest BCUT2D eigenvalue weighted by molar-refractivity contribution is -0.397. The van der Waals surface area contributed by atoms with E-state index in [1.54, 1.807) is 0 Å². The summed E-state index contributed by atoms with van der Waals surface area (Å²) >= 11 is 0. The Hall–Kier alpha value is -0.460. The normalized spacial score (nSPS) is 15.9. The zero-order chi connectivity index (χ0) is 12.0. The monoisotopic (exact) mass is 224 g/mol. The first-order valence-electron chi connectivity index (χ1n) is 3.61. The first-order valence-corrected chi connectivity index (χ1v) is 3.61. The van der Waals surface area contributed by atoms with Crippen molar-refractivity contribution in [2.24, 2.45) is 5.41 Å². The van der Waals surface area contributed by atoms with Crippen LogP contribution in [0.1, 0.15) is 20.8 Å². The minimum atomic E-state index is -5.75. The van der Waals surface area contributed by atoms with Crippen molar-refractivity contribution in [3.8, 4) is 0 Å². The van der Waals surface area contributed by atoms with Gasteiger partial charge in [0, 0.05) is 5.41 Å². The molecule has 0 rings (SSSR count). The van der Waals surface area contributed by atoms with Crippen molar-refractivity contribution in [2.45, 2.75) is 38.7 Å². The fraction of sp³-hybridized carbons (Fsp3) is 1.00. The Labute approximate surface area is 76.7 Å². The van der Waals surface area contributed by atoms with Crippen molar-refractivity contribution in [2.75, 3.05) is 0 Å². The van der Waals surface area contributed by atoms with Crippen LogP contribution in [0, 0.1) is 5.41 Å². The van der Waals surface area contributed by atoms with Crippen LogP contribution in [0.15, 0.2) is 0 Å². The molecule has 0 saturated heterocycles. The summed E-state index contributed by atoms with van der Waals surface area (Å²) in [6.45, 7) is 2.02. The van der Waals surface area contributed by atoms with Crippen molar-refractivity contribution in [1.29, 1.82) is 0 Å². The molecule has 0 aliphatic carbocycles. The standard InChI is InChI=1S/C7H10F6O/c1-4(2,3)5(14,6(8,9)10)7(11,12)13/h14H,1-3H3. The first-order chi connectivity index (χ1) is 5.75. The van der Waals surface area contributed by atoms with Crippen molar-refractivity contribution in [3.05, 3.63) is 0 Å². The molecule has 0 radical (unpaired) electrons. The van der Waals surface area contributed by atoms with Gasteiger partial charge in [-0.1, -0.05) is 20.8 Å². The smallest absolute Gasteiger partial charge is 0.373 e. The molecule has 0 spiro atoms. The van der Waals surface area contributed by atoms with E-state index in [2.05, 4.69) is 0 Å². The van der Waals surface area contributed by atoms with Crippen LogP contribution in [0.25, 0.3) is 0 Å². The molecule has 0 aromatic carbocycles. The summed E-state index contributed by atoms with van der Waals surface area (Å²) in [7, 11) is 0. The zero-order valence-corrected chi connectivity index (χ0v) is 7.72. The zero-order valence-electron chi connectivity index (χ0n) is 7.72. The van der Waals surface area contributed by atoms with E-state index in [-0.39, 0.29) is 0 Å². The number of rotatable bonds is 0. The molecule has 0 bridgehead atoms. The van der Waals surface area contributed by atoms with Gasteiger partial charge in [0.2, 0.25) is 0 Å². The average molecular weight is 224 g/mol. The summed E-state index contributed by atoms with van der Waals surface area (Å²) < 4.78 is 72.8. The fourth-order valence-electron chi connectivity index (χ4n) is 1.01. The maximum absolute atomic E-state index is 12.1. The highest BCUT2D eigenvalue weighted by atomic mass is 19.4. The van der Waals surface area contributed by atoms with Crippen molar-refractivity contribution in [1.82, 2.24) is 0 Å². The maximum atomic E-state index is 12.1. The van der Waals surface area contributed by atoms with E-state index in [1.165, 1.54) is 0 Å². The molecule has 0 unspecified atom stereocenters. The van der Waals surface area contributed by atoms with Crippen LogP contribution in [0.5, 0.6) is 0 Å². The highest BCUT2D eigenvalue weighted by molar-refractivity contribution is 5.02. The summed E-state index contributed by atoms with van der Waals surface area (Å²) in [6.07, 6.45) is -11.5. The quantitative estimate of drug-likeness (QED) is 0.627. The highest BCUT2D eigenvalue weighted by Crippen LogP contribution is 2.52. The van der Waals surface area contributed by atoms with E-state index in [4.69, 9.17) is 5.11 Å². The summed E-state index contributed by atoms with van der Waals surface area (Å²) in [5.41, 5.74) is -7.06. The molecule has 14 heavy (non-hydrogen) atoms. The van der Waals surface area contributed by atoms with Gasteiger partial charge < -0.3 is 5.11 Å². The lowest BCUT2D eigenvalue weighted by atomic mass is 9.75. The maximum Gasteiger partial charge on any atom is 0.426 e. The Morgan fingerprint density at radius 2 is 0.929 bits per heavy atom. The van der Waals surface area contributed by atoms with E-state index in [1.807, 2.05) is 0 Å². The largest absolute Gasteiger partial charge is 0.426 e. The Morgan fingerprint density at radius 1 is 0.714 bits per heavy atom. The highest BCUT2D eigenvalue weighted by Gasteiger charge is 2.75. The van der Waals surface area contributed by atoms with E-state index < -0.39 is 23.4 Å². The van der Waals surface area contributed by atoms with Gasteiger partial charge in [0.15, 0.2) is 0 Å². The molecular weight excluding hydrogens is 214 g/mol. The van der Waals surface area contributed by atoms with Crippen molar-refractivity contribution >= 4 is 0 Å². The SMILES string of the molecule is CC(C)(C)C(O)(C(F)(F)F)C(F)(F)F. The summed E-state index contributed by atoms with van der Waals surface area (Å²) in [4.78, 5) is 0. The van der Waals surface area contributed by atoms with Gasteiger partial charge in [0.1, 0.15) is 0 Å². The van der Waals surface area contributed by atoms with Gasteiger partial charge in [-0.25, -0.2) is 0 Å². The molecule has 0 aliphatic rings. The van der Waals surface area contributed by atoms with Crippen LogP contribution in [0.2, 0.25) is 0 Å². The van der Waals surface area contributed by atoms with Gasteiger partial charge in [-0.05, 0) is 0 Å².